The number of aliphatic hydroxyl groups is 1. The molecule has 1 aromatic rings. The summed E-state index contributed by atoms with van der Waals surface area (Å²) in [5, 5.41) is 12.6. The number of benzene rings is 1. The van der Waals surface area contributed by atoms with Crippen LogP contribution in [-0.4, -0.2) is 35.7 Å². The number of carbonyl (C=O) groups is 1. The number of carbonyl (C=O) groups excluding carboxylic acids is 1. The molecule has 1 heterocycles. The summed E-state index contributed by atoms with van der Waals surface area (Å²) in [6.45, 7) is 5.97. The molecule has 2 amide bonds. The molecule has 128 valence electrons. The number of nitrogens with zero attached hydrogens (tertiary/aromatic N) is 1. The Kier molecular flexibility index (Phi) is 6.90. The summed E-state index contributed by atoms with van der Waals surface area (Å²) in [6, 6.07) is 10.3. The Balaban J connectivity index is 2.09. The van der Waals surface area contributed by atoms with Crippen LogP contribution in [0.1, 0.15) is 51.1 Å². The van der Waals surface area contributed by atoms with E-state index in [1.165, 1.54) is 5.56 Å². The van der Waals surface area contributed by atoms with Crippen molar-refractivity contribution in [1.82, 2.24) is 10.2 Å². The first-order valence-electron chi connectivity index (χ1n) is 8.90. The molecule has 1 aromatic carbocycles. The van der Waals surface area contributed by atoms with Gasteiger partial charge in [-0.05, 0) is 30.2 Å². The molecule has 1 saturated heterocycles. The van der Waals surface area contributed by atoms with Crippen LogP contribution in [0.25, 0.3) is 0 Å². The summed E-state index contributed by atoms with van der Waals surface area (Å²) in [5.41, 5.74) is 1.17. The first kappa shape index (κ1) is 17.8. The highest BCUT2D eigenvalue weighted by molar-refractivity contribution is 5.75. The van der Waals surface area contributed by atoms with E-state index in [-0.39, 0.29) is 24.6 Å². The van der Waals surface area contributed by atoms with Crippen molar-refractivity contribution in [2.24, 2.45) is 11.8 Å². The van der Waals surface area contributed by atoms with E-state index in [1.807, 2.05) is 23.1 Å². The van der Waals surface area contributed by atoms with Gasteiger partial charge in [-0.1, -0.05) is 57.0 Å². The topological polar surface area (TPSA) is 52.6 Å². The molecule has 0 aromatic heterocycles. The molecule has 1 aliphatic rings. The SMILES string of the molecule is CCC(CC)C(NC(=O)N1CCCC(CO)C1)c1ccccc1. The molecule has 2 unspecified atom stereocenters. The van der Waals surface area contributed by atoms with Gasteiger partial charge < -0.3 is 15.3 Å². The van der Waals surface area contributed by atoms with Crippen molar-refractivity contribution < 1.29 is 9.90 Å². The maximum Gasteiger partial charge on any atom is 0.317 e. The van der Waals surface area contributed by atoms with Crippen molar-refractivity contribution in [1.29, 1.82) is 0 Å². The van der Waals surface area contributed by atoms with Gasteiger partial charge in [-0.25, -0.2) is 4.79 Å². The molecule has 0 bridgehead atoms. The van der Waals surface area contributed by atoms with E-state index in [9.17, 15) is 9.90 Å². The second kappa shape index (κ2) is 8.92. The first-order chi connectivity index (χ1) is 11.2. The fraction of sp³-hybridized carbons (Fsp3) is 0.632. The highest BCUT2D eigenvalue weighted by atomic mass is 16.3. The summed E-state index contributed by atoms with van der Waals surface area (Å²) in [5.74, 6) is 0.651. The molecule has 2 N–H and O–H groups in total. The molecular formula is C19H30N2O2. The van der Waals surface area contributed by atoms with Crippen LogP contribution in [0.5, 0.6) is 0 Å². The molecule has 0 spiro atoms. The summed E-state index contributed by atoms with van der Waals surface area (Å²) >= 11 is 0. The van der Waals surface area contributed by atoms with Gasteiger partial charge in [0.1, 0.15) is 0 Å². The highest BCUT2D eigenvalue weighted by Crippen LogP contribution is 2.28. The van der Waals surface area contributed by atoms with Crippen molar-refractivity contribution in [2.45, 2.75) is 45.6 Å². The lowest BCUT2D eigenvalue weighted by atomic mass is 9.89. The molecular weight excluding hydrogens is 288 g/mol. The van der Waals surface area contributed by atoms with Crippen LogP contribution in [0, 0.1) is 11.8 Å². The molecule has 4 nitrogen and oxygen atoms in total. The molecule has 1 aliphatic heterocycles. The van der Waals surface area contributed by atoms with E-state index >= 15 is 0 Å². The Bertz CT molecular complexity index is 474. The van der Waals surface area contributed by atoms with E-state index in [0.29, 0.717) is 12.5 Å². The van der Waals surface area contributed by atoms with Crippen LogP contribution >= 0.6 is 0 Å². The summed E-state index contributed by atoms with van der Waals surface area (Å²) < 4.78 is 0. The summed E-state index contributed by atoms with van der Waals surface area (Å²) in [6.07, 6.45) is 4.06. The molecule has 2 rings (SSSR count). The normalized spacial score (nSPS) is 19.7. The molecule has 2 atom stereocenters. The number of nitrogens with one attached hydrogen (secondary N) is 1. The van der Waals surface area contributed by atoms with Crippen LogP contribution in [0.15, 0.2) is 30.3 Å². The van der Waals surface area contributed by atoms with Gasteiger partial charge in [0.15, 0.2) is 0 Å². The Morgan fingerprint density at radius 1 is 1.30 bits per heavy atom. The molecule has 0 radical (unpaired) electrons. The fourth-order valence-electron chi connectivity index (χ4n) is 3.52. The molecule has 0 aliphatic carbocycles. The van der Waals surface area contributed by atoms with Crippen LogP contribution in [0.4, 0.5) is 4.79 Å². The van der Waals surface area contributed by atoms with Crippen LogP contribution in [0.2, 0.25) is 0 Å². The van der Waals surface area contributed by atoms with Crippen LogP contribution in [0.3, 0.4) is 0 Å². The summed E-state index contributed by atoms with van der Waals surface area (Å²) in [7, 11) is 0. The van der Waals surface area contributed by atoms with E-state index in [4.69, 9.17) is 0 Å². The van der Waals surface area contributed by atoms with Gasteiger partial charge in [0.25, 0.3) is 0 Å². The van der Waals surface area contributed by atoms with E-state index in [0.717, 1.165) is 32.2 Å². The third-order valence-corrected chi connectivity index (χ3v) is 5.02. The average Bonchev–Trinajstić information content (AvgIpc) is 2.62. The number of urea groups is 1. The van der Waals surface area contributed by atoms with E-state index in [1.54, 1.807) is 0 Å². The van der Waals surface area contributed by atoms with Gasteiger partial charge >= 0.3 is 6.03 Å². The lowest BCUT2D eigenvalue weighted by Gasteiger charge is -2.35. The number of rotatable bonds is 6. The maximum atomic E-state index is 12.7. The van der Waals surface area contributed by atoms with E-state index < -0.39 is 0 Å². The van der Waals surface area contributed by atoms with Crippen LogP contribution < -0.4 is 5.32 Å². The Labute approximate surface area is 139 Å². The van der Waals surface area contributed by atoms with Gasteiger partial charge in [0.05, 0.1) is 6.04 Å². The lowest BCUT2D eigenvalue weighted by Crippen LogP contribution is -2.48. The Hall–Kier alpha value is -1.55. The predicted molar refractivity (Wildman–Crippen MR) is 93.2 cm³/mol. The van der Waals surface area contributed by atoms with Gasteiger partial charge in [0, 0.05) is 19.7 Å². The number of piperidine rings is 1. The third-order valence-electron chi connectivity index (χ3n) is 5.02. The fourth-order valence-corrected chi connectivity index (χ4v) is 3.52. The zero-order valence-corrected chi connectivity index (χ0v) is 14.4. The van der Waals surface area contributed by atoms with Gasteiger partial charge in [0.2, 0.25) is 0 Å². The van der Waals surface area contributed by atoms with Crippen LogP contribution in [-0.2, 0) is 0 Å². The van der Waals surface area contributed by atoms with Gasteiger partial charge in [-0.2, -0.15) is 0 Å². The van der Waals surface area contributed by atoms with Crippen molar-refractivity contribution in [3.63, 3.8) is 0 Å². The van der Waals surface area contributed by atoms with Crippen molar-refractivity contribution in [3.05, 3.63) is 35.9 Å². The standard InChI is InChI=1S/C19H30N2O2/c1-3-16(4-2)18(17-10-6-5-7-11-17)20-19(23)21-12-8-9-15(13-21)14-22/h5-7,10-11,15-16,18,22H,3-4,8-9,12-14H2,1-2H3,(H,20,23). The maximum absolute atomic E-state index is 12.7. The highest BCUT2D eigenvalue weighted by Gasteiger charge is 2.27. The first-order valence-corrected chi connectivity index (χ1v) is 8.90. The molecule has 4 heteroatoms. The molecule has 0 saturated carbocycles. The number of hydrogen-bond acceptors (Lipinski definition) is 2. The minimum Gasteiger partial charge on any atom is -0.396 e. The average molecular weight is 318 g/mol. The summed E-state index contributed by atoms with van der Waals surface area (Å²) in [4.78, 5) is 14.6. The van der Waals surface area contributed by atoms with Crippen molar-refractivity contribution >= 4 is 6.03 Å². The minimum absolute atomic E-state index is 0.00361. The van der Waals surface area contributed by atoms with Crippen molar-refractivity contribution in [2.75, 3.05) is 19.7 Å². The number of likely N-dealkylation sites (tertiary alicyclic amines) is 1. The zero-order valence-electron chi connectivity index (χ0n) is 14.4. The second-order valence-corrected chi connectivity index (χ2v) is 6.55. The monoisotopic (exact) mass is 318 g/mol. The Morgan fingerprint density at radius 3 is 2.61 bits per heavy atom. The van der Waals surface area contributed by atoms with Crippen molar-refractivity contribution in [3.8, 4) is 0 Å². The zero-order chi connectivity index (χ0) is 16.7. The number of amides is 2. The molecule has 23 heavy (non-hydrogen) atoms. The largest absolute Gasteiger partial charge is 0.396 e. The lowest BCUT2D eigenvalue weighted by molar-refractivity contribution is 0.125. The Morgan fingerprint density at radius 2 is 2.00 bits per heavy atom. The van der Waals surface area contributed by atoms with Gasteiger partial charge in [-0.3, -0.25) is 0 Å². The minimum atomic E-state index is 0.00361. The predicted octanol–water partition coefficient (Wildman–Crippen LogP) is 3.58. The number of aliphatic hydroxyl groups excluding tert-OH is 1. The second-order valence-electron chi connectivity index (χ2n) is 6.55. The quantitative estimate of drug-likeness (QED) is 0.842. The smallest absolute Gasteiger partial charge is 0.317 e. The van der Waals surface area contributed by atoms with Gasteiger partial charge in [-0.15, -0.1) is 0 Å². The number of hydrogen-bond donors (Lipinski definition) is 2. The molecule has 1 fully saturated rings. The van der Waals surface area contributed by atoms with E-state index in [2.05, 4.69) is 31.3 Å². The third kappa shape index (κ3) is 4.71.